The maximum atomic E-state index is 13.3. The topological polar surface area (TPSA) is 58.6 Å². The first-order valence-electron chi connectivity index (χ1n) is 7.97. The monoisotopic (exact) mass is 358 g/mol. The summed E-state index contributed by atoms with van der Waals surface area (Å²) in [5, 5.41) is 2.60. The lowest BCUT2D eigenvalue weighted by Crippen LogP contribution is -2.58. The lowest BCUT2D eigenvalue weighted by molar-refractivity contribution is -0.197. The molecule has 0 saturated carbocycles. The van der Waals surface area contributed by atoms with Crippen LogP contribution in [0.4, 0.5) is 13.2 Å². The molecule has 1 aliphatic heterocycles. The molecule has 8 heteroatoms. The number of nitrogens with one attached hydrogen (secondary N) is 1. The van der Waals surface area contributed by atoms with Crippen molar-refractivity contribution in [3.63, 3.8) is 0 Å². The maximum Gasteiger partial charge on any atom is 0.408 e. The Hall–Kier alpha value is -2.25. The smallest absolute Gasteiger partial charge is 0.408 e. The number of methoxy groups -OCH3 is 1. The van der Waals surface area contributed by atoms with Crippen LogP contribution < -0.4 is 10.1 Å². The van der Waals surface area contributed by atoms with E-state index in [1.54, 1.807) is 24.3 Å². The van der Waals surface area contributed by atoms with Gasteiger partial charge in [0.2, 0.25) is 11.8 Å². The number of carbonyl (C=O) groups is 2. The number of rotatable bonds is 4. The van der Waals surface area contributed by atoms with Crippen molar-refractivity contribution in [1.82, 2.24) is 10.2 Å². The second kappa shape index (κ2) is 7.76. The van der Waals surface area contributed by atoms with Gasteiger partial charge in [-0.15, -0.1) is 0 Å². The number of carbonyl (C=O) groups excluding carboxylic acids is 2. The van der Waals surface area contributed by atoms with Crippen molar-refractivity contribution < 1.29 is 27.5 Å². The summed E-state index contributed by atoms with van der Waals surface area (Å²) in [5.74, 6) is -0.325. The van der Waals surface area contributed by atoms with Crippen molar-refractivity contribution in [1.29, 1.82) is 0 Å². The van der Waals surface area contributed by atoms with Crippen LogP contribution in [0.15, 0.2) is 24.3 Å². The van der Waals surface area contributed by atoms with Gasteiger partial charge in [0.05, 0.1) is 13.5 Å². The average molecular weight is 358 g/mol. The predicted octanol–water partition coefficient (Wildman–Crippen LogP) is 2.30. The fourth-order valence-corrected chi connectivity index (χ4v) is 3.01. The highest BCUT2D eigenvalue weighted by molar-refractivity contribution is 5.79. The Bertz CT molecular complexity index is 617. The van der Waals surface area contributed by atoms with Gasteiger partial charge in [-0.25, -0.2) is 0 Å². The molecule has 1 aliphatic rings. The summed E-state index contributed by atoms with van der Waals surface area (Å²) in [6.07, 6.45) is -4.65. The Morgan fingerprint density at radius 2 is 1.88 bits per heavy atom. The number of likely N-dealkylation sites (tertiary alicyclic amines) is 1. The van der Waals surface area contributed by atoms with Gasteiger partial charge in [-0.1, -0.05) is 12.1 Å². The Balaban J connectivity index is 2.13. The van der Waals surface area contributed by atoms with Crippen LogP contribution >= 0.6 is 0 Å². The standard InChI is InChI=1S/C17H21F3N2O3/c1-11(23)21-13-5-8-15(17(18,19)20)22(10-13)16(24)9-12-3-6-14(25-2)7-4-12/h3-4,6-7,13,15H,5,8-10H2,1-2H3,(H,21,23). The molecular formula is C17H21F3N2O3. The zero-order valence-electron chi connectivity index (χ0n) is 14.1. The van der Waals surface area contributed by atoms with Gasteiger partial charge in [0.25, 0.3) is 0 Å². The maximum absolute atomic E-state index is 13.3. The van der Waals surface area contributed by atoms with Crippen LogP contribution in [0, 0.1) is 0 Å². The molecule has 1 heterocycles. The first-order valence-corrected chi connectivity index (χ1v) is 7.97. The van der Waals surface area contributed by atoms with Crippen LogP contribution in [-0.4, -0.2) is 48.6 Å². The third-order valence-electron chi connectivity index (χ3n) is 4.20. The first kappa shape index (κ1) is 19.1. The highest BCUT2D eigenvalue weighted by Gasteiger charge is 2.47. The third kappa shape index (κ3) is 5.11. The minimum Gasteiger partial charge on any atom is -0.497 e. The fourth-order valence-electron chi connectivity index (χ4n) is 3.01. The Morgan fingerprint density at radius 3 is 2.40 bits per heavy atom. The molecule has 138 valence electrons. The largest absolute Gasteiger partial charge is 0.497 e. The van der Waals surface area contributed by atoms with Crippen molar-refractivity contribution in [3.05, 3.63) is 29.8 Å². The summed E-state index contributed by atoms with van der Waals surface area (Å²) in [6.45, 7) is 1.16. The highest BCUT2D eigenvalue weighted by atomic mass is 19.4. The van der Waals surface area contributed by atoms with E-state index in [0.717, 1.165) is 4.90 Å². The first-order chi connectivity index (χ1) is 11.7. The summed E-state index contributed by atoms with van der Waals surface area (Å²) in [6, 6.07) is 4.32. The summed E-state index contributed by atoms with van der Waals surface area (Å²) in [5.41, 5.74) is 0.605. The molecule has 0 aliphatic carbocycles. The second-order valence-electron chi connectivity index (χ2n) is 6.10. The number of piperidine rings is 1. The number of nitrogens with zero attached hydrogens (tertiary/aromatic N) is 1. The van der Waals surface area contributed by atoms with Crippen molar-refractivity contribution in [2.24, 2.45) is 0 Å². The molecule has 0 bridgehead atoms. The fraction of sp³-hybridized carbons (Fsp3) is 0.529. The molecule has 1 fully saturated rings. The molecule has 2 atom stereocenters. The number of ether oxygens (including phenoxy) is 1. The third-order valence-corrected chi connectivity index (χ3v) is 4.20. The van der Waals surface area contributed by atoms with Gasteiger partial charge in [-0.3, -0.25) is 9.59 Å². The van der Waals surface area contributed by atoms with Crippen LogP contribution in [0.3, 0.4) is 0 Å². The minimum absolute atomic E-state index is 0.136. The van der Waals surface area contributed by atoms with Crippen LogP contribution in [0.5, 0.6) is 5.75 Å². The Morgan fingerprint density at radius 1 is 1.24 bits per heavy atom. The van der Waals surface area contributed by atoms with Gasteiger partial charge in [-0.2, -0.15) is 13.2 Å². The lowest BCUT2D eigenvalue weighted by atomic mass is 9.96. The van der Waals surface area contributed by atoms with E-state index in [2.05, 4.69) is 5.32 Å². The molecule has 0 aromatic heterocycles. The summed E-state index contributed by atoms with van der Waals surface area (Å²) in [4.78, 5) is 24.5. The Kier molecular flexibility index (Phi) is 5.92. The van der Waals surface area contributed by atoms with Crippen LogP contribution in [-0.2, 0) is 16.0 Å². The summed E-state index contributed by atoms with van der Waals surface area (Å²) < 4.78 is 44.9. The van der Waals surface area contributed by atoms with Crippen LogP contribution in [0.1, 0.15) is 25.3 Å². The number of halogens is 3. The predicted molar refractivity (Wildman–Crippen MR) is 85.1 cm³/mol. The van der Waals surface area contributed by atoms with Crippen molar-refractivity contribution in [2.45, 2.75) is 44.4 Å². The molecule has 2 amide bonds. The van der Waals surface area contributed by atoms with E-state index in [-0.39, 0.29) is 31.7 Å². The number of hydrogen-bond acceptors (Lipinski definition) is 3. The highest BCUT2D eigenvalue weighted by Crippen LogP contribution is 2.32. The van der Waals surface area contributed by atoms with E-state index in [1.807, 2.05) is 0 Å². The average Bonchev–Trinajstić information content (AvgIpc) is 2.54. The van der Waals surface area contributed by atoms with Gasteiger partial charge in [-0.05, 0) is 30.5 Å². The van der Waals surface area contributed by atoms with Gasteiger partial charge < -0.3 is 15.0 Å². The van der Waals surface area contributed by atoms with E-state index in [9.17, 15) is 22.8 Å². The van der Waals surface area contributed by atoms with E-state index in [0.29, 0.717) is 11.3 Å². The minimum atomic E-state index is -4.49. The molecule has 1 aromatic carbocycles. The van der Waals surface area contributed by atoms with E-state index < -0.39 is 24.2 Å². The SMILES string of the molecule is COc1ccc(CC(=O)N2CC(NC(C)=O)CCC2C(F)(F)F)cc1. The number of amides is 2. The molecule has 1 aromatic rings. The van der Waals surface area contributed by atoms with E-state index in [4.69, 9.17) is 4.74 Å². The van der Waals surface area contributed by atoms with E-state index >= 15 is 0 Å². The zero-order chi connectivity index (χ0) is 18.6. The van der Waals surface area contributed by atoms with Crippen molar-refractivity contribution >= 4 is 11.8 Å². The van der Waals surface area contributed by atoms with Crippen LogP contribution in [0.2, 0.25) is 0 Å². The zero-order valence-corrected chi connectivity index (χ0v) is 14.1. The normalized spacial score (nSPS) is 20.9. The number of benzene rings is 1. The van der Waals surface area contributed by atoms with Gasteiger partial charge in [0.1, 0.15) is 11.8 Å². The van der Waals surface area contributed by atoms with E-state index in [1.165, 1.54) is 14.0 Å². The van der Waals surface area contributed by atoms with Crippen molar-refractivity contribution in [2.75, 3.05) is 13.7 Å². The summed E-state index contributed by atoms with van der Waals surface area (Å²) in [7, 11) is 1.50. The molecule has 0 spiro atoms. The van der Waals surface area contributed by atoms with Gasteiger partial charge in [0.15, 0.2) is 0 Å². The quantitative estimate of drug-likeness (QED) is 0.899. The van der Waals surface area contributed by atoms with Gasteiger partial charge >= 0.3 is 6.18 Å². The van der Waals surface area contributed by atoms with Crippen molar-refractivity contribution in [3.8, 4) is 5.75 Å². The number of hydrogen-bond donors (Lipinski definition) is 1. The molecule has 2 unspecified atom stereocenters. The molecule has 0 radical (unpaired) electrons. The molecular weight excluding hydrogens is 337 g/mol. The Labute approximate surface area is 144 Å². The molecule has 25 heavy (non-hydrogen) atoms. The van der Waals surface area contributed by atoms with Crippen LogP contribution in [0.25, 0.3) is 0 Å². The molecule has 1 N–H and O–H groups in total. The number of alkyl halides is 3. The molecule has 1 saturated heterocycles. The van der Waals surface area contributed by atoms with Gasteiger partial charge in [0, 0.05) is 19.5 Å². The second-order valence-corrected chi connectivity index (χ2v) is 6.10. The molecule has 2 rings (SSSR count). The summed E-state index contributed by atoms with van der Waals surface area (Å²) >= 11 is 0. The molecule has 5 nitrogen and oxygen atoms in total. The lowest BCUT2D eigenvalue weighted by Gasteiger charge is -2.40.